The minimum Gasteiger partial charge on any atom is -0.493 e. The van der Waals surface area contributed by atoms with E-state index in [1.54, 1.807) is 30.3 Å². The Kier molecular flexibility index (Phi) is 6.24. The maximum atomic E-state index is 13.7. The van der Waals surface area contributed by atoms with Crippen LogP contribution in [-0.4, -0.2) is 38.5 Å². The van der Waals surface area contributed by atoms with E-state index in [-0.39, 0.29) is 24.9 Å². The van der Waals surface area contributed by atoms with Gasteiger partial charge in [0.1, 0.15) is 6.02 Å². The number of nitrogens with zero attached hydrogens (tertiary/aromatic N) is 1. The quantitative estimate of drug-likeness (QED) is 0.414. The zero-order valence-corrected chi connectivity index (χ0v) is 20.5. The van der Waals surface area contributed by atoms with Gasteiger partial charge in [-0.15, -0.1) is 0 Å². The van der Waals surface area contributed by atoms with Crippen molar-refractivity contribution in [2.75, 3.05) is 27.7 Å². The fourth-order valence-electron chi connectivity index (χ4n) is 4.61. The highest BCUT2D eigenvalue weighted by molar-refractivity contribution is 5.83. The predicted octanol–water partition coefficient (Wildman–Crippen LogP) is 5.74. The molecule has 1 aliphatic heterocycles. The van der Waals surface area contributed by atoms with Crippen LogP contribution < -0.4 is 14.8 Å². The summed E-state index contributed by atoms with van der Waals surface area (Å²) in [5, 5.41) is 1.95. The molecule has 1 N–H and O–H groups in total. The third-order valence-electron chi connectivity index (χ3n) is 6.43. The SMILES string of the molecule is [2H]C([2H])([2H])NC(=O)[C@@]([2H])(c1ccccc1)N1CCc2cc(OC)c(OC)cc2[C@]1([2H])CCc1ccc(C(F)(F)F)cc1. The number of halogens is 3. The third kappa shape index (κ3) is 5.74. The number of aryl methyl sites for hydroxylation is 1. The minimum atomic E-state index is -4.50. The van der Waals surface area contributed by atoms with Crippen LogP contribution in [0, 0.1) is 0 Å². The first-order chi connectivity index (χ1) is 19.6. The van der Waals surface area contributed by atoms with E-state index in [1.165, 1.54) is 43.4 Å². The Morgan fingerprint density at radius 1 is 1.14 bits per heavy atom. The highest BCUT2D eigenvalue weighted by atomic mass is 19.4. The fourth-order valence-corrected chi connectivity index (χ4v) is 4.61. The van der Waals surface area contributed by atoms with Crippen LogP contribution in [0.25, 0.3) is 0 Å². The minimum absolute atomic E-state index is 0.0197. The van der Waals surface area contributed by atoms with Crippen molar-refractivity contribution in [2.24, 2.45) is 0 Å². The molecule has 196 valence electrons. The van der Waals surface area contributed by atoms with Gasteiger partial charge in [0.2, 0.25) is 5.91 Å². The zero-order valence-electron chi connectivity index (χ0n) is 25.5. The molecule has 0 unspecified atom stereocenters. The van der Waals surface area contributed by atoms with Gasteiger partial charge in [-0.05, 0) is 65.8 Å². The van der Waals surface area contributed by atoms with E-state index in [0.29, 0.717) is 34.6 Å². The van der Waals surface area contributed by atoms with Gasteiger partial charge in [-0.2, -0.15) is 13.2 Å². The average molecular weight is 518 g/mol. The number of hydrogen-bond donors (Lipinski definition) is 1. The first-order valence-electron chi connectivity index (χ1n) is 14.2. The molecule has 0 fully saturated rings. The summed E-state index contributed by atoms with van der Waals surface area (Å²) in [5.74, 6) is -0.398. The highest BCUT2D eigenvalue weighted by Crippen LogP contribution is 2.43. The lowest BCUT2D eigenvalue weighted by atomic mass is 9.86. The Labute approximate surface area is 222 Å². The van der Waals surface area contributed by atoms with Crippen molar-refractivity contribution in [1.29, 1.82) is 0 Å². The first-order valence-corrected chi connectivity index (χ1v) is 11.7. The van der Waals surface area contributed by atoms with Crippen molar-refractivity contribution in [3.05, 3.63) is 94.5 Å². The molecule has 0 saturated heterocycles. The number of alkyl halides is 3. The van der Waals surface area contributed by atoms with E-state index in [9.17, 15) is 20.7 Å². The van der Waals surface area contributed by atoms with Gasteiger partial charge in [0, 0.05) is 23.7 Å². The second-order valence-electron chi connectivity index (χ2n) is 8.58. The first kappa shape index (κ1) is 20.5. The van der Waals surface area contributed by atoms with Crippen molar-refractivity contribution >= 4 is 5.91 Å². The fraction of sp³-hybridized carbons (Fsp3) is 0.345. The van der Waals surface area contributed by atoms with Gasteiger partial charge in [-0.25, -0.2) is 0 Å². The second-order valence-corrected chi connectivity index (χ2v) is 8.58. The normalized spacial score (nSPS) is 21.7. The molecule has 0 radical (unpaired) electrons. The van der Waals surface area contributed by atoms with E-state index in [1.807, 2.05) is 5.32 Å². The van der Waals surface area contributed by atoms with Gasteiger partial charge in [-0.3, -0.25) is 9.69 Å². The van der Waals surface area contributed by atoms with Crippen LogP contribution in [0.2, 0.25) is 0 Å². The van der Waals surface area contributed by atoms with Gasteiger partial charge in [0.15, 0.2) is 11.5 Å². The number of nitrogens with one attached hydrogen (secondary N) is 1. The molecule has 5 nitrogen and oxygen atoms in total. The lowest BCUT2D eigenvalue weighted by Gasteiger charge is -2.42. The number of ether oxygens (including phenoxy) is 2. The molecule has 1 amide bonds. The number of benzene rings is 3. The van der Waals surface area contributed by atoms with Crippen LogP contribution >= 0.6 is 0 Å². The topological polar surface area (TPSA) is 50.8 Å². The van der Waals surface area contributed by atoms with Crippen molar-refractivity contribution in [3.63, 3.8) is 0 Å². The summed E-state index contributed by atoms with van der Waals surface area (Å²) >= 11 is 0. The van der Waals surface area contributed by atoms with Crippen LogP contribution in [0.5, 0.6) is 11.5 Å². The molecule has 3 aromatic carbocycles. The van der Waals surface area contributed by atoms with E-state index in [0.717, 1.165) is 12.1 Å². The number of likely N-dealkylation sites (N-methyl/N-ethyl adjacent to an activating group) is 1. The summed E-state index contributed by atoms with van der Waals surface area (Å²) < 4.78 is 92.7. The lowest BCUT2D eigenvalue weighted by Crippen LogP contribution is -2.44. The number of fused-ring (bicyclic) bond motifs is 1. The molecule has 0 saturated carbocycles. The molecular weight excluding hydrogens is 481 g/mol. The van der Waals surface area contributed by atoms with E-state index in [4.69, 9.17) is 13.6 Å². The predicted molar refractivity (Wildman–Crippen MR) is 136 cm³/mol. The Morgan fingerprint density at radius 2 is 1.81 bits per heavy atom. The van der Waals surface area contributed by atoms with Crippen LogP contribution in [0.1, 0.15) is 53.1 Å². The molecule has 0 spiro atoms. The standard InChI is InChI=1S/C29H31F3N2O3/c1-33-28(35)27(20-7-5-4-6-8-20)34-16-15-21-17-25(36-2)26(37-3)18-23(21)24(34)14-11-19-9-12-22(13-10-19)29(30,31)32/h4-10,12-13,17-18,24,27H,11,14-16H2,1-3H3,(H,33,35)/t24-,27+/m0/s1/i1D3,24D,27D. The highest BCUT2D eigenvalue weighted by Gasteiger charge is 2.37. The molecule has 1 heterocycles. The number of carbonyl (C=O) groups excluding carboxylic acids is 1. The Bertz CT molecular complexity index is 1420. The molecule has 0 bridgehead atoms. The van der Waals surface area contributed by atoms with Crippen molar-refractivity contribution in [1.82, 2.24) is 10.2 Å². The molecule has 0 aromatic heterocycles. The van der Waals surface area contributed by atoms with Crippen LogP contribution in [0.15, 0.2) is 66.7 Å². The zero-order chi connectivity index (χ0) is 30.9. The molecule has 4 rings (SSSR count). The van der Waals surface area contributed by atoms with E-state index < -0.39 is 36.7 Å². The number of amides is 1. The van der Waals surface area contributed by atoms with Gasteiger partial charge in [0.25, 0.3) is 0 Å². The largest absolute Gasteiger partial charge is 0.493 e. The Hall–Kier alpha value is -3.52. The number of hydrogen-bond acceptors (Lipinski definition) is 4. The molecule has 37 heavy (non-hydrogen) atoms. The van der Waals surface area contributed by atoms with E-state index >= 15 is 0 Å². The van der Waals surface area contributed by atoms with Gasteiger partial charge < -0.3 is 14.8 Å². The second kappa shape index (κ2) is 11.3. The number of methoxy groups -OCH3 is 2. The van der Waals surface area contributed by atoms with Gasteiger partial charge in [-0.1, -0.05) is 42.5 Å². The van der Waals surface area contributed by atoms with Gasteiger partial charge in [0.05, 0.1) is 22.5 Å². The summed E-state index contributed by atoms with van der Waals surface area (Å²) in [5.41, 5.74) is 0.987. The summed E-state index contributed by atoms with van der Waals surface area (Å²) in [6.45, 7) is -2.88. The lowest BCUT2D eigenvalue weighted by molar-refractivity contribution is -0.137. The summed E-state index contributed by atoms with van der Waals surface area (Å²) in [6, 6.07) is 11.7. The van der Waals surface area contributed by atoms with Crippen molar-refractivity contribution in [3.8, 4) is 11.5 Å². The Balaban J connectivity index is 1.87. The van der Waals surface area contributed by atoms with Crippen LogP contribution in [0.3, 0.4) is 0 Å². The average Bonchev–Trinajstić information content (AvgIpc) is 2.94. The Morgan fingerprint density at radius 3 is 2.43 bits per heavy atom. The maximum Gasteiger partial charge on any atom is 0.416 e. The molecule has 3 aromatic rings. The van der Waals surface area contributed by atoms with Crippen molar-refractivity contribution in [2.45, 2.75) is 37.5 Å². The summed E-state index contributed by atoms with van der Waals surface area (Å²) in [4.78, 5) is 15.0. The van der Waals surface area contributed by atoms with E-state index in [2.05, 4.69) is 0 Å². The molecule has 1 aliphatic rings. The number of carbonyl (C=O) groups is 1. The summed E-state index contributed by atoms with van der Waals surface area (Å²) in [6.07, 6.45) is -4.13. The molecular formula is C29H31F3N2O3. The van der Waals surface area contributed by atoms with Crippen molar-refractivity contribution < 1.29 is 34.3 Å². The summed E-state index contributed by atoms with van der Waals surface area (Å²) in [7, 11) is 2.91. The van der Waals surface area contributed by atoms with Gasteiger partial charge >= 0.3 is 6.18 Å². The maximum absolute atomic E-state index is 13.7. The molecule has 2 atom stereocenters. The van der Waals surface area contributed by atoms with Crippen LogP contribution in [0.4, 0.5) is 13.2 Å². The third-order valence-corrected chi connectivity index (χ3v) is 6.43. The smallest absolute Gasteiger partial charge is 0.416 e. The monoisotopic (exact) mass is 517 g/mol. The number of rotatable bonds is 8. The van der Waals surface area contributed by atoms with Crippen LogP contribution in [-0.2, 0) is 23.8 Å². The molecule has 8 heteroatoms. The molecule has 0 aliphatic carbocycles.